The maximum absolute atomic E-state index is 16.5. The van der Waals surface area contributed by atoms with Gasteiger partial charge in [-0.25, -0.2) is 9.59 Å². The second-order valence-electron chi connectivity index (χ2n) is 19.7. The smallest absolute Gasteiger partial charge is 0.497 e. The largest absolute Gasteiger partial charge is 0.737 e. The van der Waals surface area contributed by atoms with Gasteiger partial charge in [0.25, 0.3) is 0 Å². The molecule has 0 radical (unpaired) electrons. The summed E-state index contributed by atoms with van der Waals surface area (Å²) < 4.78 is 51.4. The van der Waals surface area contributed by atoms with Gasteiger partial charge in [0.2, 0.25) is 17.7 Å². The monoisotopic (exact) mass is 1070 g/mol. The van der Waals surface area contributed by atoms with Crippen molar-refractivity contribution in [3.8, 4) is 17.0 Å². The number of alkyl carbamates (subject to hydrolysis) is 1. The van der Waals surface area contributed by atoms with E-state index in [1.807, 2.05) is 61.5 Å². The number of hydrogen-bond acceptors (Lipinski definition) is 9. The fourth-order valence-corrected chi connectivity index (χ4v) is 9.99. The van der Waals surface area contributed by atoms with Crippen molar-refractivity contribution in [1.82, 2.24) is 25.7 Å². The molecule has 0 aliphatic carbocycles. The summed E-state index contributed by atoms with van der Waals surface area (Å²) in [5.41, 5.74) is 7.04. The Kier molecular flexibility index (Phi) is 20.1. The van der Waals surface area contributed by atoms with Crippen molar-refractivity contribution < 1.29 is 56.1 Å². The summed E-state index contributed by atoms with van der Waals surface area (Å²) in [7, 11) is 1.55. The Morgan fingerprint density at radius 2 is 1.31 bits per heavy atom. The topological polar surface area (TPSA) is 186 Å². The van der Waals surface area contributed by atoms with Crippen LogP contribution in [0.25, 0.3) is 17.3 Å². The Balaban J connectivity index is 0.842. The normalized spacial score (nSPS) is 14.1. The molecule has 0 spiro atoms. The van der Waals surface area contributed by atoms with Gasteiger partial charge in [0.1, 0.15) is 24.1 Å². The number of ketones is 1. The van der Waals surface area contributed by atoms with Gasteiger partial charge in [0, 0.05) is 67.9 Å². The zero-order chi connectivity index (χ0) is 55.8. The van der Waals surface area contributed by atoms with Gasteiger partial charge < -0.3 is 53.1 Å². The molecule has 0 fully saturated rings. The van der Waals surface area contributed by atoms with E-state index in [1.54, 1.807) is 94.6 Å². The number of amides is 4. The third kappa shape index (κ3) is 14.9. The summed E-state index contributed by atoms with van der Waals surface area (Å²) in [6, 6.07) is 31.8. The summed E-state index contributed by atoms with van der Waals surface area (Å²) in [5, 5.41) is 11.3. The summed E-state index contributed by atoms with van der Waals surface area (Å²) in [6.45, 7) is 2.93. The van der Waals surface area contributed by atoms with Crippen molar-refractivity contribution >= 4 is 54.3 Å². The second-order valence-corrected chi connectivity index (χ2v) is 19.7. The van der Waals surface area contributed by atoms with Gasteiger partial charge in [-0.05, 0) is 124 Å². The number of unbranched alkanes of at least 4 members (excludes halogenated alkanes) is 3. The molecule has 1 aromatic heterocycles. The van der Waals surface area contributed by atoms with E-state index < -0.39 is 49.4 Å². The number of allylic oxidation sites excluding steroid dienone is 2. The highest BCUT2D eigenvalue weighted by molar-refractivity contribution is 6.58. The molecule has 18 heteroatoms. The van der Waals surface area contributed by atoms with Crippen LogP contribution in [0.5, 0.6) is 5.75 Å². The molecule has 0 saturated carbocycles. The lowest BCUT2D eigenvalue weighted by atomic mass is 9.89. The van der Waals surface area contributed by atoms with Gasteiger partial charge in [0.15, 0.2) is 18.1 Å². The van der Waals surface area contributed by atoms with Gasteiger partial charge in [-0.1, -0.05) is 85.3 Å². The average molecular weight is 1070 g/mol. The van der Waals surface area contributed by atoms with Gasteiger partial charge >= 0.3 is 19.0 Å². The lowest BCUT2D eigenvalue weighted by Gasteiger charge is -2.31. The number of benzene rings is 4. The van der Waals surface area contributed by atoms with Crippen LogP contribution < -0.4 is 26.0 Å². The zero-order valence-electron chi connectivity index (χ0n) is 45.0. The number of nitrogens with zero attached hydrogens (tertiary/aromatic N) is 2. The number of carbonyl (C=O) groups excluding carboxylic acids is 6. The van der Waals surface area contributed by atoms with E-state index in [0.717, 1.165) is 31.2 Å². The van der Waals surface area contributed by atoms with Crippen LogP contribution in [-0.2, 0) is 41.7 Å². The van der Waals surface area contributed by atoms with Crippen molar-refractivity contribution in [2.75, 3.05) is 26.8 Å². The number of esters is 1. The predicted molar refractivity (Wildman–Crippen MR) is 296 cm³/mol. The van der Waals surface area contributed by atoms with E-state index in [9.17, 15) is 28.8 Å². The molecule has 4 amide bonds. The number of halogens is 2. The van der Waals surface area contributed by atoms with E-state index in [2.05, 4.69) is 21.3 Å². The molecule has 78 heavy (non-hydrogen) atoms. The van der Waals surface area contributed by atoms with Crippen LogP contribution in [0.3, 0.4) is 0 Å². The van der Waals surface area contributed by atoms with Crippen LogP contribution in [-0.4, -0.2) is 96.1 Å². The van der Waals surface area contributed by atoms with E-state index in [0.29, 0.717) is 102 Å². The summed E-state index contributed by atoms with van der Waals surface area (Å²) >= 11 is 0. The fraction of sp³-hybridized carbons (Fsp3) is 0.350. The third-order valence-corrected chi connectivity index (χ3v) is 14.2. The lowest BCUT2D eigenvalue weighted by molar-refractivity contribution is -0.362. The van der Waals surface area contributed by atoms with Crippen LogP contribution in [0.15, 0.2) is 132 Å². The molecule has 5 aromatic rings. The molecular formula is C60H69BF2N6O9. The molecule has 2 atom stereocenters. The number of methoxy groups -OCH3 is 1. The first-order valence-corrected chi connectivity index (χ1v) is 26.6. The van der Waals surface area contributed by atoms with Gasteiger partial charge in [0.05, 0.1) is 18.7 Å². The van der Waals surface area contributed by atoms with Crippen molar-refractivity contribution in [1.29, 1.82) is 0 Å². The first kappa shape index (κ1) is 57.6. The highest BCUT2D eigenvalue weighted by Crippen LogP contribution is 2.41. The van der Waals surface area contributed by atoms with Gasteiger partial charge in [-0.2, -0.15) is 0 Å². The molecule has 4 aromatic carbocycles. The summed E-state index contributed by atoms with van der Waals surface area (Å²) in [6.07, 6.45) is 4.75. The van der Waals surface area contributed by atoms with Crippen molar-refractivity contribution in [3.63, 3.8) is 0 Å². The minimum atomic E-state index is -4.23. The van der Waals surface area contributed by atoms with Crippen LogP contribution in [0.1, 0.15) is 110 Å². The maximum atomic E-state index is 16.5. The number of rotatable bonds is 27. The molecule has 4 N–H and O–H groups in total. The number of Topliss-reactive ketones (excluding diaryl/α,β-unsaturated/α-hetero) is 1. The molecule has 0 unspecified atom stereocenters. The number of aromatic nitrogens is 1. The second kappa shape index (κ2) is 27.3. The SMILES string of the molecule is COc1ccc(-c2ccc3n2[B-](F)(F)[N+]2=C(C)C(CCC(=O)NCCCCCC(=O)NCCCC[C@H](NC(=O)[C@H](Cc4ccccc4)NC(=O)OCc4ccccc4)C(=O)COC(=O)c4c(C)cccc4C)=C(C)C2=C3)cc1. The molecule has 2 aliphatic heterocycles. The zero-order valence-corrected chi connectivity index (χ0v) is 45.0. The van der Waals surface area contributed by atoms with Gasteiger partial charge in [-0.3, -0.25) is 19.2 Å². The molecule has 3 heterocycles. The Morgan fingerprint density at radius 3 is 1.97 bits per heavy atom. The average Bonchev–Trinajstić information content (AvgIpc) is 4.07. The highest BCUT2D eigenvalue weighted by atomic mass is 19.2. The summed E-state index contributed by atoms with van der Waals surface area (Å²) in [4.78, 5) is 79.7. The lowest BCUT2D eigenvalue weighted by Crippen LogP contribution is -2.53. The van der Waals surface area contributed by atoms with E-state index in [4.69, 9.17) is 14.2 Å². The van der Waals surface area contributed by atoms with Crippen molar-refractivity contribution in [3.05, 3.63) is 166 Å². The highest BCUT2D eigenvalue weighted by Gasteiger charge is 2.54. The van der Waals surface area contributed by atoms with E-state index >= 15 is 8.63 Å². The third-order valence-electron chi connectivity index (χ3n) is 14.2. The van der Waals surface area contributed by atoms with E-state index in [-0.39, 0.29) is 44.1 Å². The van der Waals surface area contributed by atoms with E-state index in [1.165, 1.54) is 0 Å². The van der Waals surface area contributed by atoms with Crippen LogP contribution >= 0.6 is 0 Å². The number of ether oxygens (including phenoxy) is 3. The quantitative estimate of drug-likeness (QED) is 0.0226. The number of fused-ring (bicyclic) bond motifs is 2. The Hall–Kier alpha value is -8.15. The minimum Gasteiger partial charge on any atom is -0.497 e. The van der Waals surface area contributed by atoms with Gasteiger partial charge in [-0.15, -0.1) is 0 Å². The molecule has 0 saturated heterocycles. The number of carbonyl (C=O) groups is 6. The predicted octanol–water partition coefficient (Wildman–Crippen LogP) is 9.35. The van der Waals surface area contributed by atoms with Crippen LogP contribution in [0.2, 0.25) is 0 Å². The standard InChI is InChI=1S/C60H69BF2N6O9/c1-40-18-17-19-41(2)57(40)59(74)77-39-54(70)50(66-58(73)51(36-44-20-9-6-10-21-44)67-60(75)78-38-45-22-11-7-12-23-45)24-14-16-35-64-55(71)25-13-8-15-34-65-56(72)33-31-49-42(3)53-37-47-28-32-52(46-26-29-48(76-5)30-27-46)69(47)61(62,63)68(53)43(49)4/h6-7,9-12,17-23,26-30,32,37,50-51H,8,13-16,24-25,31,33-36,38-39H2,1-5H3,(H,64,71)(H,65,72)(H,66,73)(H,67,75)/t50-,51-/m0/s1. The number of nitrogens with one attached hydrogen (secondary N) is 4. The van der Waals surface area contributed by atoms with Crippen LogP contribution in [0.4, 0.5) is 13.4 Å². The Bertz CT molecular complexity index is 3050. The molecule has 410 valence electrons. The molecular weight excluding hydrogens is 998 g/mol. The first-order chi connectivity index (χ1) is 37.5. The Labute approximate surface area is 454 Å². The first-order valence-electron chi connectivity index (χ1n) is 26.6. The Morgan fingerprint density at radius 1 is 0.667 bits per heavy atom. The number of hydrogen-bond donors (Lipinski definition) is 4. The summed E-state index contributed by atoms with van der Waals surface area (Å²) in [5.74, 6) is -1.54. The fourth-order valence-electron chi connectivity index (χ4n) is 9.99. The molecule has 15 nitrogen and oxygen atoms in total. The number of aryl methyl sites for hydroxylation is 2. The maximum Gasteiger partial charge on any atom is 0.737 e. The minimum absolute atomic E-state index is 0.0173. The van der Waals surface area contributed by atoms with Crippen LogP contribution in [0, 0.1) is 13.8 Å². The van der Waals surface area contributed by atoms with Crippen molar-refractivity contribution in [2.24, 2.45) is 0 Å². The van der Waals surface area contributed by atoms with Crippen molar-refractivity contribution in [2.45, 2.75) is 111 Å². The molecule has 0 bridgehead atoms. The molecule has 2 aliphatic rings. The molecule has 7 rings (SSSR count).